The molecule has 4 rings (SSSR count). The van der Waals surface area contributed by atoms with Gasteiger partial charge in [0.05, 0.1) is 19.1 Å². The van der Waals surface area contributed by atoms with Crippen molar-refractivity contribution in [3.8, 4) is 11.1 Å². The summed E-state index contributed by atoms with van der Waals surface area (Å²) in [5.41, 5.74) is 4.38. The normalized spacial score (nSPS) is 12.9. The molecule has 1 N–H and O–H groups in total. The highest BCUT2D eigenvalue weighted by Crippen LogP contribution is 2.37. The summed E-state index contributed by atoms with van der Waals surface area (Å²) in [5.74, 6) is -1.42. The molecule has 1 amide bonds. The maximum atomic E-state index is 12.5. The maximum Gasteiger partial charge on any atom is 0.341 e. The molecule has 7 heteroatoms. The molecule has 6 nitrogen and oxygen atoms in total. The predicted octanol–water partition coefficient (Wildman–Crippen LogP) is 5.20. The van der Waals surface area contributed by atoms with Gasteiger partial charge in [-0.3, -0.25) is 9.59 Å². The summed E-state index contributed by atoms with van der Waals surface area (Å²) in [6.45, 7) is -0.413. The number of carbonyl (C=O) groups excluding carboxylic acids is 3. The Morgan fingerprint density at radius 1 is 0.912 bits per heavy atom. The number of ether oxygens (including phenoxy) is 2. The smallest absolute Gasteiger partial charge is 0.341 e. The number of methoxy groups -OCH3 is 1. The van der Waals surface area contributed by atoms with Crippen molar-refractivity contribution in [1.29, 1.82) is 0 Å². The second kappa shape index (κ2) is 11.1. The van der Waals surface area contributed by atoms with E-state index in [-0.39, 0.29) is 6.42 Å². The lowest BCUT2D eigenvalue weighted by Gasteiger charge is -2.08. The molecule has 0 bridgehead atoms. The van der Waals surface area contributed by atoms with Gasteiger partial charge in [0.2, 0.25) is 0 Å². The van der Waals surface area contributed by atoms with Crippen molar-refractivity contribution in [3.05, 3.63) is 76.2 Å². The summed E-state index contributed by atoms with van der Waals surface area (Å²) >= 11 is 1.41. The van der Waals surface area contributed by atoms with Gasteiger partial charge in [0.15, 0.2) is 6.61 Å². The van der Waals surface area contributed by atoms with Gasteiger partial charge in [0.1, 0.15) is 5.00 Å². The standard InChI is InChI=1S/C27H27NO5S/c1-32-27(31)25-21-10-6-3-7-11-22(21)34-26(25)28-23(29)17-33-24(30)16-18-12-14-20(15-13-18)19-8-4-2-5-9-19/h2,4-5,8-9,12-15H,3,6-7,10-11,16-17H2,1H3,(H,28,29). The van der Waals surface area contributed by atoms with Crippen LogP contribution in [0.4, 0.5) is 5.00 Å². The van der Waals surface area contributed by atoms with Crippen molar-refractivity contribution in [2.75, 3.05) is 19.0 Å². The number of thiophene rings is 1. The van der Waals surface area contributed by atoms with Crippen LogP contribution >= 0.6 is 11.3 Å². The summed E-state index contributed by atoms with van der Waals surface area (Å²) in [5, 5.41) is 3.22. The number of hydrogen-bond acceptors (Lipinski definition) is 6. The van der Waals surface area contributed by atoms with E-state index in [9.17, 15) is 14.4 Å². The lowest BCUT2D eigenvalue weighted by atomic mass is 10.0. The first-order chi connectivity index (χ1) is 16.5. The molecule has 1 aliphatic carbocycles. The van der Waals surface area contributed by atoms with Crippen LogP contribution in [-0.4, -0.2) is 31.6 Å². The van der Waals surface area contributed by atoms with Crippen molar-refractivity contribution in [2.45, 2.75) is 38.5 Å². The Bertz CT molecular complexity index is 1170. The summed E-state index contributed by atoms with van der Waals surface area (Å²) < 4.78 is 10.1. The second-order valence-electron chi connectivity index (χ2n) is 8.21. The Balaban J connectivity index is 1.33. The Morgan fingerprint density at radius 3 is 2.35 bits per heavy atom. The number of rotatable bonds is 7. The first kappa shape index (κ1) is 23.7. The predicted molar refractivity (Wildman–Crippen MR) is 132 cm³/mol. The lowest BCUT2D eigenvalue weighted by molar-refractivity contribution is -0.146. The van der Waals surface area contributed by atoms with Gasteiger partial charge in [-0.05, 0) is 47.9 Å². The van der Waals surface area contributed by atoms with Crippen LogP contribution in [-0.2, 0) is 38.3 Å². The van der Waals surface area contributed by atoms with Crippen LogP contribution in [0.15, 0.2) is 54.6 Å². The van der Waals surface area contributed by atoms with Crippen LogP contribution in [0.2, 0.25) is 0 Å². The van der Waals surface area contributed by atoms with Crippen molar-refractivity contribution in [2.24, 2.45) is 0 Å². The first-order valence-corrected chi connectivity index (χ1v) is 12.2. The van der Waals surface area contributed by atoms with Gasteiger partial charge >= 0.3 is 11.9 Å². The molecule has 0 unspecified atom stereocenters. The zero-order valence-electron chi connectivity index (χ0n) is 19.1. The Kier molecular flexibility index (Phi) is 7.75. The zero-order chi connectivity index (χ0) is 23.9. The van der Waals surface area contributed by atoms with Gasteiger partial charge in [0.25, 0.3) is 5.91 Å². The monoisotopic (exact) mass is 477 g/mol. The van der Waals surface area contributed by atoms with Crippen LogP contribution < -0.4 is 5.32 Å². The zero-order valence-corrected chi connectivity index (χ0v) is 19.9. The van der Waals surface area contributed by atoms with Crippen LogP contribution in [0.5, 0.6) is 0 Å². The minimum absolute atomic E-state index is 0.0725. The van der Waals surface area contributed by atoms with E-state index < -0.39 is 24.5 Å². The Labute approximate surface area is 202 Å². The molecule has 0 aliphatic heterocycles. The Hall–Kier alpha value is -3.45. The molecule has 1 aromatic heterocycles. The largest absolute Gasteiger partial charge is 0.465 e. The fraction of sp³-hybridized carbons (Fsp3) is 0.296. The maximum absolute atomic E-state index is 12.5. The molecular weight excluding hydrogens is 450 g/mol. The van der Waals surface area contributed by atoms with Crippen LogP contribution in [0.1, 0.15) is 45.6 Å². The number of fused-ring (bicyclic) bond motifs is 1. The van der Waals surface area contributed by atoms with Crippen LogP contribution in [0.25, 0.3) is 11.1 Å². The third-order valence-corrected chi connectivity index (χ3v) is 7.04. The Morgan fingerprint density at radius 2 is 1.62 bits per heavy atom. The van der Waals surface area contributed by atoms with E-state index in [1.807, 2.05) is 54.6 Å². The van der Waals surface area contributed by atoms with Crippen molar-refractivity contribution in [1.82, 2.24) is 0 Å². The van der Waals surface area contributed by atoms with Crippen molar-refractivity contribution < 1.29 is 23.9 Å². The van der Waals surface area contributed by atoms with Gasteiger partial charge in [-0.1, -0.05) is 61.0 Å². The molecule has 2 aromatic carbocycles. The average molecular weight is 478 g/mol. The summed E-state index contributed by atoms with van der Waals surface area (Å²) in [6, 6.07) is 17.7. The highest BCUT2D eigenvalue weighted by molar-refractivity contribution is 7.17. The van der Waals surface area contributed by atoms with E-state index in [4.69, 9.17) is 9.47 Å². The highest BCUT2D eigenvalue weighted by Gasteiger charge is 2.26. The van der Waals surface area contributed by atoms with E-state index in [0.29, 0.717) is 10.6 Å². The molecular formula is C27H27NO5S. The average Bonchev–Trinajstić information content (AvgIpc) is 3.03. The molecule has 176 valence electrons. The number of esters is 2. The molecule has 0 spiro atoms. The molecule has 1 aliphatic rings. The van der Waals surface area contributed by atoms with Gasteiger partial charge in [-0.25, -0.2) is 4.79 Å². The van der Waals surface area contributed by atoms with Crippen LogP contribution in [0.3, 0.4) is 0 Å². The van der Waals surface area contributed by atoms with E-state index in [0.717, 1.165) is 59.2 Å². The molecule has 0 saturated carbocycles. The SMILES string of the molecule is COC(=O)c1c(NC(=O)COC(=O)Cc2ccc(-c3ccccc3)cc2)sc2c1CCCCC2. The number of hydrogen-bond donors (Lipinski definition) is 1. The minimum Gasteiger partial charge on any atom is -0.465 e. The molecule has 1 heterocycles. The highest BCUT2D eigenvalue weighted by atomic mass is 32.1. The fourth-order valence-corrected chi connectivity index (χ4v) is 5.41. The van der Waals surface area contributed by atoms with E-state index in [1.54, 1.807) is 0 Å². The summed E-state index contributed by atoms with van der Waals surface area (Å²) in [6.07, 6.45) is 4.94. The number of anilines is 1. The number of nitrogens with one attached hydrogen (secondary N) is 1. The number of amides is 1. The van der Waals surface area contributed by atoms with Crippen LogP contribution in [0, 0.1) is 0 Å². The summed E-state index contributed by atoms with van der Waals surface area (Å²) in [4.78, 5) is 38.3. The third kappa shape index (κ3) is 5.72. The second-order valence-corrected chi connectivity index (χ2v) is 9.31. The fourth-order valence-electron chi connectivity index (χ4n) is 4.12. The quantitative estimate of drug-likeness (QED) is 0.374. The number of carbonyl (C=O) groups is 3. The van der Waals surface area contributed by atoms with E-state index >= 15 is 0 Å². The summed E-state index contributed by atoms with van der Waals surface area (Å²) in [7, 11) is 1.34. The van der Waals surface area contributed by atoms with Crippen molar-refractivity contribution in [3.63, 3.8) is 0 Å². The molecule has 0 atom stereocenters. The van der Waals surface area contributed by atoms with E-state index in [2.05, 4.69) is 5.32 Å². The first-order valence-electron chi connectivity index (χ1n) is 11.4. The minimum atomic E-state index is -0.488. The topological polar surface area (TPSA) is 81.7 Å². The third-order valence-electron chi connectivity index (χ3n) is 5.84. The number of benzene rings is 2. The van der Waals surface area contributed by atoms with Gasteiger partial charge in [0, 0.05) is 4.88 Å². The number of aryl methyl sites for hydroxylation is 1. The lowest BCUT2D eigenvalue weighted by Crippen LogP contribution is -2.22. The van der Waals surface area contributed by atoms with Gasteiger partial charge < -0.3 is 14.8 Å². The van der Waals surface area contributed by atoms with Crippen molar-refractivity contribution >= 4 is 34.2 Å². The molecule has 0 radical (unpaired) electrons. The van der Waals surface area contributed by atoms with Gasteiger partial charge in [-0.15, -0.1) is 11.3 Å². The molecule has 0 saturated heterocycles. The molecule has 0 fully saturated rings. The van der Waals surface area contributed by atoms with E-state index in [1.165, 1.54) is 18.4 Å². The molecule has 3 aromatic rings. The van der Waals surface area contributed by atoms with Gasteiger partial charge in [-0.2, -0.15) is 0 Å². The molecule has 34 heavy (non-hydrogen) atoms.